The first kappa shape index (κ1) is 12.5. The number of methoxy groups -OCH3 is 2. The van der Waals surface area contributed by atoms with Gasteiger partial charge in [-0.2, -0.15) is 9.97 Å². The average Bonchev–Trinajstić information content (AvgIpc) is 2.34. The largest absolute Gasteiger partial charge is 0.481 e. The Labute approximate surface area is 94.6 Å². The first-order valence-corrected chi connectivity index (χ1v) is 5.12. The van der Waals surface area contributed by atoms with Crippen LogP contribution in [0.1, 0.15) is 12.8 Å². The maximum atomic E-state index is 8.63. The molecule has 0 radical (unpaired) electrons. The van der Waals surface area contributed by atoms with E-state index in [2.05, 4.69) is 15.3 Å². The number of unbranched alkanes of at least 4 members (excludes halogenated alkanes) is 1. The number of hydrogen-bond acceptors (Lipinski definition) is 6. The Morgan fingerprint density at radius 2 is 1.81 bits per heavy atom. The molecule has 0 atom stereocenters. The smallest absolute Gasteiger partial charge is 0.229 e. The van der Waals surface area contributed by atoms with Crippen LogP contribution in [-0.4, -0.2) is 42.4 Å². The lowest BCUT2D eigenvalue weighted by Gasteiger charge is -2.07. The Morgan fingerprint density at radius 3 is 2.31 bits per heavy atom. The van der Waals surface area contributed by atoms with Crippen LogP contribution in [0, 0.1) is 0 Å². The molecule has 1 aromatic heterocycles. The van der Waals surface area contributed by atoms with Gasteiger partial charge in [0.25, 0.3) is 0 Å². The van der Waals surface area contributed by atoms with E-state index < -0.39 is 0 Å². The minimum absolute atomic E-state index is 0.198. The van der Waals surface area contributed by atoms with Crippen molar-refractivity contribution in [2.24, 2.45) is 0 Å². The minimum atomic E-state index is 0.198. The summed E-state index contributed by atoms with van der Waals surface area (Å²) in [6, 6.07) is 1.61. The van der Waals surface area contributed by atoms with Crippen LogP contribution in [0.2, 0.25) is 0 Å². The predicted octanol–water partition coefficient (Wildman–Crippen LogP) is 0.678. The van der Waals surface area contributed by atoms with Crippen LogP contribution in [-0.2, 0) is 0 Å². The molecule has 1 rings (SSSR count). The number of aliphatic hydroxyl groups excluding tert-OH is 1. The summed E-state index contributed by atoms with van der Waals surface area (Å²) in [6.07, 6.45) is 1.62. The lowest BCUT2D eigenvalue weighted by Crippen LogP contribution is -2.07. The van der Waals surface area contributed by atoms with Gasteiger partial charge in [-0.15, -0.1) is 0 Å². The van der Waals surface area contributed by atoms with Crippen molar-refractivity contribution < 1.29 is 14.6 Å². The number of anilines is 1. The third-order valence-electron chi connectivity index (χ3n) is 1.97. The van der Waals surface area contributed by atoms with Crippen LogP contribution in [0.25, 0.3) is 0 Å². The summed E-state index contributed by atoms with van der Waals surface area (Å²) in [5.41, 5.74) is 0. The zero-order valence-electron chi connectivity index (χ0n) is 9.56. The van der Waals surface area contributed by atoms with Crippen LogP contribution in [0.15, 0.2) is 6.07 Å². The maximum absolute atomic E-state index is 8.63. The van der Waals surface area contributed by atoms with Crippen LogP contribution in [0.3, 0.4) is 0 Å². The lowest BCUT2D eigenvalue weighted by molar-refractivity contribution is 0.286. The van der Waals surface area contributed by atoms with Crippen LogP contribution in [0.4, 0.5) is 5.95 Å². The van der Waals surface area contributed by atoms with Crippen LogP contribution >= 0.6 is 0 Å². The van der Waals surface area contributed by atoms with Crippen molar-refractivity contribution in [1.82, 2.24) is 9.97 Å². The molecule has 0 aliphatic heterocycles. The van der Waals surface area contributed by atoms with Gasteiger partial charge >= 0.3 is 0 Å². The van der Waals surface area contributed by atoms with Crippen LogP contribution in [0.5, 0.6) is 11.8 Å². The number of aromatic nitrogens is 2. The van der Waals surface area contributed by atoms with Gasteiger partial charge in [0, 0.05) is 13.2 Å². The number of aliphatic hydroxyl groups is 1. The fourth-order valence-corrected chi connectivity index (χ4v) is 1.13. The van der Waals surface area contributed by atoms with Crippen molar-refractivity contribution in [3.05, 3.63) is 6.07 Å². The normalized spacial score (nSPS) is 9.94. The molecule has 6 nitrogen and oxygen atoms in total. The third-order valence-corrected chi connectivity index (χ3v) is 1.97. The molecule has 90 valence electrons. The second kappa shape index (κ2) is 6.84. The van der Waals surface area contributed by atoms with E-state index in [9.17, 15) is 0 Å². The van der Waals surface area contributed by atoms with E-state index in [1.807, 2.05) is 0 Å². The molecule has 2 N–H and O–H groups in total. The summed E-state index contributed by atoms with van der Waals surface area (Å²) in [4.78, 5) is 8.22. The molecule has 0 aliphatic rings. The van der Waals surface area contributed by atoms with E-state index in [0.717, 1.165) is 12.8 Å². The molecule has 0 saturated carbocycles. The molecule has 0 saturated heterocycles. The molecule has 0 amide bonds. The maximum Gasteiger partial charge on any atom is 0.229 e. The predicted molar refractivity (Wildman–Crippen MR) is 59.9 cm³/mol. The first-order valence-electron chi connectivity index (χ1n) is 5.12. The van der Waals surface area contributed by atoms with E-state index in [1.165, 1.54) is 14.2 Å². The Hall–Kier alpha value is -1.56. The van der Waals surface area contributed by atoms with Gasteiger partial charge in [-0.3, -0.25) is 0 Å². The van der Waals surface area contributed by atoms with Gasteiger partial charge in [-0.25, -0.2) is 0 Å². The van der Waals surface area contributed by atoms with Crippen molar-refractivity contribution in [3.8, 4) is 11.8 Å². The highest BCUT2D eigenvalue weighted by atomic mass is 16.5. The van der Waals surface area contributed by atoms with Gasteiger partial charge in [0.05, 0.1) is 20.3 Å². The highest BCUT2D eigenvalue weighted by Gasteiger charge is 2.04. The van der Waals surface area contributed by atoms with Gasteiger partial charge in [0.2, 0.25) is 17.7 Å². The fourth-order valence-electron chi connectivity index (χ4n) is 1.13. The van der Waals surface area contributed by atoms with Gasteiger partial charge < -0.3 is 19.9 Å². The van der Waals surface area contributed by atoms with E-state index in [-0.39, 0.29) is 6.61 Å². The molecule has 1 heterocycles. The van der Waals surface area contributed by atoms with Crippen molar-refractivity contribution in [3.63, 3.8) is 0 Å². The molecule has 0 unspecified atom stereocenters. The second-order valence-corrected chi connectivity index (χ2v) is 3.13. The SMILES string of the molecule is COc1cc(OC)nc(NCCCCO)n1. The molecular weight excluding hydrogens is 210 g/mol. The number of hydrogen-bond donors (Lipinski definition) is 2. The monoisotopic (exact) mass is 227 g/mol. The van der Waals surface area contributed by atoms with Gasteiger partial charge in [0.15, 0.2) is 0 Å². The zero-order valence-corrected chi connectivity index (χ0v) is 9.56. The number of nitrogens with one attached hydrogen (secondary N) is 1. The topological polar surface area (TPSA) is 76.5 Å². The molecule has 0 aromatic carbocycles. The van der Waals surface area contributed by atoms with Gasteiger partial charge in [-0.1, -0.05) is 0 Å². The Kier molecular flexibility index (Phi) is 5.35. The summed E-state index contributed by atoms with van der Waals surface area (Å²) in [7, 11) is 3.08. The van der Waals surface area contributed by atoms with E-state index in [4.69, 9.17) is 14.6 Å². The number of nitrogens with zero attached hydrogens (tertiary/aromatic N) is 2. The molecule has 1 aromatic rings. The quantitative estimate of drug-likeness (QED) is 0.667. The first-order chi connectivity index (χ1) is 7.80. The van der Waals surface area contributed by atoms with Gasteiger partial charge in [0.1, 0.15) is 0 Å². The molecule has 6 heteroatoms. The van der Waals surface area contributed by atoms with Crippen molar-refractivity contribution in [2.75, 3.05) is 32.7 Å². The molecule has 0 bridgehead atoms. The minimum Gasteiger partial charge on any atom is -0.481 e. The highest BCUT2D eigenvalue weighted by molar-refractivity contribution is 5.33. The zero-order chi connectivity index (χ0) is 11.8. The summed E-state index contributed by atoms with van der Waals surface area (Å²) in [5, 5.41) is 11.7. The van der Waals surface area contributed by atoms with E-state index in [0.29, 0.717) is 24.3 Å². The van der Waals surface area contributed by atoms with Crippen molar-refractivity contribution in [1.29, 1.82) is 0 Å². The number of rotatable bonds is 7. The fraction of sp³-hybridized carbons (Fsp3) is 0.600. The summed E-state index contributed by atoms with van der Waals surface area (Å²) >= 11 is 0. The molecule has 16 heavy (non-hydrogen) atoms. The van der Waals surface area contributed by atoms with E-state index in [1.54, 1.807) is 6.07 Å². The van der Waals surface area contributed by atoms with Gasteiger partial charge in [-0.05, 0) is 12.8 Å². The second-order valence-electron chi connectivity index (χ2n) is 3.13. The third kappa shape index (κ3) is 3.90. The molecule has 0 spiro atoms. The highest BCUT2D eigenvalue weighted by Crippen LogP contribution is 2.17. The van der Waals surface area contributed by atoms with Crippen molar-refractivity contribution in [2.45, 2.75) is 12.8 Å². The van der Waals surface area contributed by atoms with Crippen molar-refractivity contribution >= 4 is 5.95 Å². The molecule has 0 fully saturated rings. The lowest BCUT2D eigenvalue weighted by atomic mass is 10.3. The Balaban J connectivity index is 2.57. The Morgan fingerprint density at radius 1 is 1.19 bits per heavy atom. The molecule has 0 aliphatic carbocycles. The summed E-state index contributed by atoms with van der Waals surface area (Å²) in [6.45, 7) is 0.904. The molecular formula is C10H17N3O3. The summed E-state index contributed by atoms with van der Waals surface area (Å²) < 4.78 is 10.0. The van der Waals surface area contributed by atoms with Crippen LogP contribution < -0.4 is 14.8 Å². The average molecular weight is 227 g/mol. The Bertz CT molecular complexity index is 298. The van der Waals surface area contributed by atoms with E-state index >= 15 is 0 Å². The summed E-state index contributed by atoms with van der Waals surface area (Å²) in [5.74, 6) is 1.38. The number of ether oxygens (including phenoxy) is 2. The standard InChI is InChI=1S/C10H17N3O3/c1-15-8-7-9(16-2)13-10(12-8)11-5-3-4-6-14/h7,14H,3-6H2,1-2H3,(H,11,12,13).